The topological polar surface area (TPSA) is 20.2 Å². The first-order valence-corrected chi connectivity index (χ1v) is 8.18. The van der Waals surface area contributed by atoms with Crippen molar-refractivity contribution < 1.29 is 5.11 Å². The van der Waals surface area contributed by atoms with Gasteiger partial charge < -0.3 is 5.11 Å². The lowest BCUT2D eigenvalue weighted by molar-refractivity contribution is 0.204. The lowest BCUT2D eigenvalue weighted by atomic mass is 9.79. The van der Waals surface area contributed by atoms with Gasteiger partial charge in [-0.25, -0.2) is 0 Å². The highest BCUT2D eigenvalue weighted by Crippen LogP contribution is 2.37. The minimum Gasteiger partial charge on any atom is -0.388 e. The van der Waals surface area contributed by atoms with E-state index in [1.807, 2.05) is 11.8 Å². The molecule has 2 rings (SSSR count). The van der Waals surface area contributed by atoms with Crippen LogP contribution in [0.3, 0.4) is 0 Å². The quantitative estimate of drug-likeness (QED) is 0.823. The molecule has 0 heterocycles. The summed E-state index contributed by atoms with van der Waals surface area (Å²) in [4.78, 5) is 0. The minimum atomic E-state index is -0.311. The Morgan fingerprint density at radius 1 is 1.28 bits per heavy atom. The highest BCUT2D eigenvalue weighted by Gasteiger charge is 2.20. The maximum Gasteiger partial charge on any atom is 0.0880 e. The average Bonchev–Trinajstić information content (AvgIpc) is 2.26. The lowest BCUT2D eigenvalue weighted by Crippen LogP contribution is -2.10. The summed E-state index contributed by atoms with van der Waals surface area (Å²) in [6.07, 6.45) is 3.69. The molecular weight excluding hydrogens is 240 g/mol. The standard InChI is InChI=1S/C16H24OS/c1-12(2)10-18-11-16(17)15-8-4-7-14(9-15)13-5-3-6-13/h4,7-9,12-13,16-17H,3,5-6,10-11H2,1-2H3. The van der Waals surface area contributed by atoms with Crippen LogP contribution in [0.5, 0.6) is 0 Å². The Labute approximate surface area is 115 Å². The number of aliphatic hydroxyl groups excluding tert-OH is 1. The average molecular weight is 264 g/mol. The molecule has 100 valence electrons. The van der Waals surface area contributed by atoms with Crippen molar-refractivity contribution in [2.45, 2.75) is 45.1 Å². The summed E-state index contributed by atoms with van der Waals surface area (Å²) in [5, 5.41) is 10.2. The molecule has 1 saturated carbocycles. The second-order valence-electron chi connectivity index (χ2n) is 5.75. The van der Waals surface area contributed by atoms with Gasteiger partial charge in [0.25, 0.3) is 0 Å². The van der Waals surface area contributed by atoms with E-state index >= 15 is 0 Å². The molecule has 1 aliphatic carbocycles. The Bertz CT molecular complexity index is 371. The minimum absolute atomic E-state index is 0.311. The van der Waals surface area contributed by atoms with E-state index in [1.165, 1.54) is 24.8 Å². The molecule has 1 atom stereocenters. The van der Waals surface area contributed by atoms with E-state index in [2.05, 4.69) is 38.1 Å². The van der Waals surface area contributed by atoms with E-state index in [-0.39, 0.29) is 6.10 Å². The molecule has 1 fully saturated rings. The van der Waals surface area contributed by atoms with Gasteiger partial charge in [0, 0.05) is 5.75 Å². The highest BCUT2D eigenvalue weighted by molar-refractivity contribution is 7.99. The maximum absolute atomic E-state index is 10.2. The second kappa shape index (κ2) is 6.63. The van der Waals surface area contributed by atoms with Gasteiger partial charge in [-0.2, -0.15) is 11.8 Å². The first kappa shape index (κ1) is 14.0. The molecule has 0 spiro atoms. The van der Waals surface area contributed by atoms with Gasteiger partial charge in [0.1, 0.15) is 0 Å². The zero-order valence-electron chi connectivity index (χ0n) is 11.4. The van der Waals surface area contributed by atoms with Crippen molar-refractivity contribution in [1.82, 2.24) is 0 Å². The van der Waals surface area contributed by atoms with E-state index < -0.39 is 0 Å². The number of thioether (sulfide) groups is 1. The third-order valence-electron chi connectivity index (χ3n) is 3.60. The summed E-state index contributed by atoms with van der Waals surface area (Å²) >= 11 is 1.85. The van der Waals surface area contributed by atoms with Gasteiger partial charge in [0.15, 0.2) is 0 Å². The fourth-order valence-corrected chi connectivity index (χ4v) is 3.30. The van der Waals surface area contributed by atoms with Crippen molar-refractivity contribution in [3.63, 3.8) is 0 Å². The number of aliphatic hydroxyl groups is 1. The SMILES string of the molecule is CC(C)CSCC(O)c1cccc(C2CCC2)c1. The molecule has 1 nitrogen and oxygen atoms in total. The van der Waals surface area contributed by atoms with Crippen LogP contribution in [0.2, 0.25) is 0 Å². The molecule has 18 heavy (non-hydrogen) atoms. The largest absolute Gasteiger partial charge is 0.388 e. The molecule has 0 amide bonds. The van der Waals surface area contributed by atoms with Crippen molar-refractivity contribution in [2.24, 2.45) is 5.92 Å². The van der Waals surface area contributed by atoms with Crippen LogP contribution in [0.15, 0.2) is 24.3 Å². The lowest BCUT2D eigenvalue weighted by Gasteiger charge is -2.26. The monoisotopic (exact) mass is 264 g/mol. The van der Waals surface area contributed by atoms with Gasteiger partial charge in [0.05, 0.1) is 6.10 Å². The molecule has 0 radical (unpaired) electrons. The van der Waals surface area contributed by atoms with Crippen molar-refractivity contribution in [2.75, 3.05) is 11.5 Å². The Morgan fingerprint density at radius 3 is 2.67 bits per heavy atom. The van der Waals surface area contributed by atoms with E-state index in [0.29, 0.717) is 5.92 Å². The zero-order chi connectivity index (χ0) is 13.0. The summed E-state index contributed by atoms with van der Waals surface area (Å²) in [6.45, 7) is 4.44. The summed E-state index contributed by atoms with van der Waals surface area (Å²) < 4.78 is 0. The maximum atomic E-state index is 10.2. The van der Waals surface area contributed by atoms with Crippen LogP contribution in [-0.2, 0) is 0 Å². The molecule has 2 heteroatoms. The zero-order valence-corrected chi connectivity index (χ0v) is 12.2. The Hall–Kier alpha value is -0.470. The van der Waals surface area contributed by atoms with Crippen LogP contribution >= 0.6 is 11.8 Å². The van der Waals surface area contributed by atoms with Crippen molar-refractivity contribution in [3.05, 3.63) is 35.4 Å². The molecular formula is C16H24OS. The summed E-state index contributed by atoms with van der Waals surface area (Å²) in [5.41, 5.74) is 2.52. The molecule has 0 aromatic heterocycles. The first-order valence-electron chi connectivity index (χ1n) is 7.02. The van der Waals surface area contributed by atoms with Gasteiger partial charge in [0.2, 0.25) is 0 Å². The van der Waals surface area contributed by atoms with Crippen LogP contribution < -0.4 is 0 Å². The van der Waals surface area contributed by atoms with Gasteiger partial charge in [-0.15, -0.1) is 0 Å². The third kappa shape index (κ3) is 3.76. The number of benzene rings is 1. The summed E-state index contributed by atoms with van der Waals surface area (Å²) in [6, 6.07) is 8.58. The van der Waals surface area contributed by atoms with Crippen LogP contribution in [0.1, 0.15) is 56.3 Å². The van der Waals surface area contributed by atoms with E-state index in [9.17, 15) is 5.11 Å². The highest BCUT2D eigenvalue weighted by atomic mass is 32.2. The molecule has 0 bridgehead atoms. The smallest absolute Gasteiger partial charge is 0.0880 e. The van der Waals surface area contributed by atoms with Gasteiger partial charge in [-0.05, 0) is 41.6 Å². The molecule has 1 aromatic rings. The van der Waals surface area contributed by atoms with Crippen LogP contribution in [0, 0.1) is 5.92 Å². The van der Waals surface area contributed by atoms with Gasteiger partial charge in [-0.3, -0.25) is 0 Å². The molecule has 1 unspecified atom stereocenters. The normalized spacial score (nSPS) is 17.8. The molecule has 1 aromatic carbocycles. The second-order valence-corrected chi connectivity index (χ2v) is 6.82. The predicted molar refractivity (Wildman–Crippen MR) is 80.2 cm³/mol. The fraction of sp³-hybridized carbons (Fsp3) is 0.625. The van der Waals surface area contributed by atoms with Gasteiger partial charge >= 0.3 is 0 Å². The molecule has 0 saturated heterocycles. The van der Waals surface area contributed by atoms with Crippen LogP contribution in [-0.4, -0.2) is 16.6 Å². The Balaban J connectivity index is 1.90. The Morgan fingerprint density at radius 2 is 2.06 bits per heavy atom. The van der Waals surface area contributed by atoms with Gasteiger partial charge in [-0.1, -0.05) is 44.5 Å². The number of rotatable bonds is 6. The van der Waals surface area contributed by atoms with E-state index in [4.69, 9.17) is 0 Å². The predicted octanol–water partition coefficient (Wildman–Crippen LogP) is 4.38. The van der Waals surface area contributed by atoms with Crippen LogP contribution in [0.25, 0.3) is 0 Å². The number of hydrogen-bond acceptors (Lipinski definition) is 2. The first-order chi connectivity index (χ1) is 8.66. The van der Waals surface area contributed by atoms with E-state index in [0.717, 1.165) is 23.0 Å². The van der Waals surface area contributed by atoms with Crippen LogP contribution in [0.4, 0.5) is 0 Å². The third-order valence-corrected chi connectivity index (χ3v) is 5.05. The molecule has 1 N–H and O–H groups in total. The molecule has 1 aliphatic rings. The molecule has 0 aliphatic heterocycles. The fourth-order valence-electron chi connectivity index (χ4n) is 2.27. The van der Waals surface area contributed by atoms with Crippen molar-refractivity contribution >= 4 is 11.8 Å². The number of hydrogen-bond donors (Lipinski definition) is 1. The van der Waals surface area contributed by atoms with Crippen molar-refractivity contribution in [1.29, 1.82) is 0 Å². The van der Waals surface area contributed by atoms with E-state index in [1.54, 1.807) is 0 Å². The summed E-state index contributed by atoms with van der Waals surface area (Å²) in [7, 11) is 0. The van der Waals surface area contributed by atoms with Crippen molar-refractivity contribution in [3.8, 4) is 0 Å². The summed E-state index contributed by atoms with van der Waals surface area (Å²) in [5.74, 6) is 3.38. The Kier molecular flexibility index (Phi) is 5.13.